The maximum atomic E-state index is 13.1. The molecule has 0 spiro atoms. The molecule has 0 atom stereocenters. The number of benzene rings is 1. The van der Waals surface area contributed by atoms with Crippen LogP contribution in [0.5, 0.6) is 0 Å². The van der Waals surface area contributed by atoms with Gasteiger partial charge in [0.1, 0.15) is 23.3 Å². The quantitative estimate of drug-likeness (QED) is 0.572. The van der Waals surface area contributed by atoms with Crippen LogP contribution in [0.4, 0.5) is 4.39 Å². The molecule has 120 valence electrons. The van der Waals surface area contributed by atoms with Gasteiger partial charge in [-0.05, 0) is 17.7 Å². The number of aryl methyl sites for hydroxylation is 2. The second-order valence-corrected chi connectivity index (χ2v) is 6.10. The third-order valence-electron chi connectivity index (χ3n) is 3.75. The van der Waals surface area contributed by atoms with Crippen molar-refractivity contribution in [3.8, 4) is 11.1 Å². The standard InChI is InChI=1S/C16H12FN5OS/c17-12-3-1-11(2-4-12)13-7-24-15-14(13)16(23)21(10-19-15)5-6-22-9-18-8-20-22/h1-4,7-10H,5-6H2. The molecule has 0 aliphatic rings. The van der Waals surface area contributed by atoms with E-state index in [9.17, 15) is 9.18 Å². The van der Waals surface area contributed by atoms with Gasteiger partial charge in [0.15, 0.2) is 0 Å². The Bertz CT molecular complexity index is 1040. The van der Waals surface area contributed by atoms with Crippen molar-refractivity contribution in [2.24, 2.45) is 0 Å². The molecule has 8 heteroatoms. The van der Waals surface area contributed by atoms with Crippen LogP contribution in [0.15, 0.2) is 53.4 Å². The molecule has 0 N–H and O–H groups in total. The second-order valence-electron chi connectivity index (χ2n) is 5.24. The van der Waals surface area contributed by atoms with Gasteiger partial charge in [-0.2, -0.15) is 5.10 Å². The zero-order valence-electron chi connectivity index (χ0n) is 12.5. The number of aromatic nitrogens is 5. The monoisotopic (exact) mass is 341 g/mol. The van der Waals surface area contributed by atoms with Crippen LogP contribution in [0.1, 0.15) is 0 Å². The molecule has 0 aliphatic heterocycles. The van der Waals surface area contributed by atoms with E-state index in [2.05, 4.69) is 15.1 Å². The van der Waals surface area contributed by atoms with Crippen molar-refractivity contribution in [3.63, 3.8) is 0 Å². The number of rotatable bonds is 4. The minimum absolute atomic E-state index is 0.110. The highest BCUT2D eigenvalue weighted by Crippen LogP contribution is 2.30. The van der Waals surface area contributed by atoms with E-state index in [1.165, 1.54) is 29.8 Å². The molecule has 4 aromatic rings. The number of halogens is 1. The molecule has 6 nitrogen and oxygen atoms in total. The van der Waals surface area contributed by atoms with E-state index >= 15 is 0 Å². The molecule has 3 aromatic heterocycles. The first kappa shape index (κ1) is 14.7. The van der Waals surface area contributed by atoms with Crippen molar-refractivity contribution in [2.45, 2.75) is 13.1 Å². The van der Waals surface area contributed by atoms with Gasteiger partial charge >= 0.3 is 0 Å². The lowest BCUT2D eigenvalue weighted by molar-refractivity contribution is 0.520. The summed E-state index contributed by atoms with van der Waals surface area (Å²) in [5.41, 5.74) is 1.47. The first-order valence-corrected chi connectivity index (χ1v) is 8.15. The number of hydrogen-bond donors (Lipinski definition) is 0. The van der Waals surface area contributed by atoms with Gasteiger partial charge in [0.25, 0.3) is 5.56 Å². The van der Waals surface area contributed by atoms with E-state index in [-0.39, 0.29) is 11.4 Å². The van der Waals surface area contributed by atoms with Crippen LogP contribution in [0.2, 0.25) is 0 Å². The lowest BCUT2D eigenvalue weighted by atomic mass is 10.1. The van der Waals surface area contributed by atoms with Gasteiger partial charge in [-0.1, -0.05) is 12.1 Å². The Hall–Kier alpha value is -2.87. The number of nitrogens with zero attached hydrogens (tertiary/aromatic N) is 5. The van der Waals surface area contributed by atoms with Crippen LogP contribution in [0.25, 0.3) is 21.3 Å². The van der Waals surface area contributed by atoms with Crippen LogP contribution in [-0.2, 0) is 13.1 Å². The molecule has 0 unspecified atom stereocenters. The van der Waals surface area contributed by atoms with Gasteiger partial charge in [0.2, 0.25) is 0 Å². The molecule has 0 amide bonds. The molecule has 0 bridgehead atoms. The zero-order chi connectivity index (χ0) is 16.5. The highest BCUT2D eigenvalue weighted by atomic mass is 32.1. The summed E-state index contributed by atoms with van der Waals surface area (Å²) in [5.74, 6) is -0.304. The summed E-state index contributed by atoms with van der Waals surface area (Å²) in [6.45, 7) is 0.979. The van der Waals surface area contributed by atoms with Crippen molar-refractivity contribution < 1.29 is 4.39 Å². The largest absolute Gasteiger partial charge is 0.297 e. The van der Waals surface area contributed by atoms with Crippen molar-refractivity contribution in [1.29, 1.82) is 0 Å². The fraction of sp³-hybridized carbons (Fsp3) is 0.125. The van der Waals surface area contributed by atoms with Gasteiger partial charge in [0.05, 0.1) is 18.3 Å². The first-order chi connectivity index (χ1) is 11.7. The lowest BCUT2D eigenvalue weighted by Crippen LogP contribution is -2.22. The normalized spacial score (nSPS) is 11.2. The molecule has 0 saturated heterocycles. The summed E-state index contributed by atoms with van der Waals surface area (Å²) in [6, 6.07) is 6.11. The third kappa shape index (κ3) is 2.61. The van der Waals surface area contributed by atoms with Crippen molar-refractivity contribution in [1.82, 2.24) is 24.3 Å². The van der Waals surface area contributed by atoms with Gasteiger partial charge in [0, 0.05) is 17.5 Å². The summed E-state index contributed by atoms with van der Waals surface area (Å²) in [6.07, 6.45) is 4.60. The molecule has 0 radical (unpaired) electrons. The summed E-state index contributed by atoms with van der Waals surface area (Å²) in [4.78, 5) is 21.7. The molecule has 0 fully saturated rings. The summed E-state index contributed by atoms with van der Waals surface area (Å²) >= 11 is 1.41. The number of thiophene rings is 1. The third-order valence-corrected chi connectivity index (χ3v) is 4.64. The second kappa shape index (κ2) is 5.97. The Morgan fingerprint density at radius 1 is 1.12 bits per heavy atom. The van der Waals surface area contributed by atoms with E-state index in [4.69, 9.17) is 0 Å². The molecule has 1 aromatic carbocycles. The minimum Gasteiger partial charge on any atom is -0.297 e. The van der Waals surface area contributed by atoms with Crippen LogP contribution in [-0.4, -0.2) is 24.3 Å². The highest BCUT2D eigenvalue weighted by Gasteiger charge is 2.13. The van der Waals surface area contributed by atoms with E-state index < -0.39 is 0 Å². The molecule has 0 aliphatic carbocycles. The smallest absolute Gasteiger partial charge is 0.262 e. The topological polar surface area (TPSA) is 65.6 Å². The Morgan fingerprint density at radius 2 is 1.96 bits per heavy atom. The molecular formula is C16H12FN5OS. The summed E-state index contributed by atoms with van der Waals surface area (Å²) in [7, 11) is 0. The Morgan fingerprint density at radius 3 is 2.71 bits per heavy atom. The Kier molecular flexibility index (Phi) is 3.66. The zero-order valence-corrected chi connectivity index (χ0v) is 13.3. The average Bonchev–Trinajstić information content (AvgIpc) is 3.24. The summed E-state index contributed by atoms with van der Waals surface area (Å²) < 4.78 is 16.3. The molecule has 24 heavy (non-hydrogen) atoms. The fourth-order valence-electron chi connectivity index (χ4n) is 2.53. The molecule has 3 heterocycles. The van der Waals surface area contributed by atoms with Gasteiger partial charge in [-0.3, -0.25) is 14.0 Å². The van der Waals surface area contributed by atoms with Gasteiger partial charge in [-0.15, -0.1) is 11.3 Å². The van der Waals surface area contributed by atoms with E-state index in [1.54, 1.807) is 34.0 Å². The van der Waals surface area contributed by atoms with Gasteiger partial charge in [-0.25, -0.2) is 14.4 Å². The Labute approximate surface area is 139 Å². The maximum Gasteiger partial charge on any atom is 0.262 e. The van der Waals surface area contributed by atoms with E-state index in [1.807, 2.05) is 5.38 Å². The molecular weight excluding hydrogens is 329 g/mol. The van der Waals surface area contributed by atoms with Crippen LogP contribution in [0, 0.1) is 5.82 Å². The first-order valence-electron chi connectivity index (χ1n) is 7.27. The SMILES string of the molecule is O=c1c2c(-c3ccc(F)cc3)csc2ncn1CCn1cncn1. The minimum atomic E-state index is -0.304. The van der Waals surface area contributed by atoms with E-state index in [0.717, 1.165) is 11.1 Å². The predicted molar refractivity (Wildman–Crippen MR) is 89.3 cm³/mol. The van der Waals surface area contributed by atoms with Crippen molar-refractivity contribution in [2.75, 3.05) is 0 Å². The number of hydrogen-bond acceptors (Lipinski definition) is 5. The van der Waals surface area contributed by atoms with Gasteiger partial charge < -0.3 is 0 Å². The average molecular weight is 341 g/mol. The van der Waals surface area contributed by atoms with E-state index in [0.29, 0.717) is 23.3 Å². The van der Waals surface area contributed by atoms with Crippen LogP contribution < -0.4 is 5.56 Å². The Balaban J connectivity index is 1.75. The predicted octanol–water partition coefficient (Wildman–Crippen LogP) is 2.56. The van der Waals surface area contributed by atoms with Crippen LogP contribution in [0.3, 0.4) is 0 Å². The van der Waals surface area contributed by atoms with Crippen molar-refractivity contribution in [3.05, 3.63) is 64.8 Å². The highest BCUT2D eigenvalue weighted by molar-refractivity contribution is 7.17. The summed E-state index contributed by atoms with van der Waals surface area (Å²) in [5, 5.41) is 6.47. The van der Waals surface area contributed by atoms with Crippen molar-refractivity contribution >= 4 is 21.6 Å². The maximum absolute atomic E-state index is 13.1. The number of fused-ring (bicyclic) bond motifs is 1. The molecule has 4 rings (SSSR count). The van der Waals surface area contributed by atoms with Crippen LogP contribution >= 0.6 is 11.3 Å². The lowest BCUT2D eigenvalue weighted by Gasteiger charge is -2.06. The fourth-order valence-corrected chi connectivity index (χ4v) is 3.43. The molecule has 0 saturated carbocycles.